The largest absolute Gasteiger partial charge is 0.451 e. The lowest BCUT2D eigenvalue weighted by Gasteiger charge is -2.36. The van der Waals surface area contributed by atoms with E-state index in [-0.39, 0.29) is 5.97 Å². The minimum Gasteiger partial charge on any atom is -0.451 e. The van der Waals surface area contributed by atoms with Gasteiger partial charge in [-0.1, -0.05) is 30.3 Å². The van der Waals surface area contributed by atoms with E-state index in [9.17, 15) is 4.79 Å². The van der Waals surface area contributed by atoms with E-state index in [0.29, 0.717) is 0 Å². The number of hydrogen-bond donors (Lipinski definition) is 0. The Morgan fingerprint density at radius 3 is 2.24 bits per heavy atom. The van der Waals surface area contributed by atoms with E-state index in [4.69, 9.17) is 4.74 Å². The van der Waals surface area contributed by atoms with Gasteiger partial charge in [-0.25, -0.2) is 4.79 Å². The normalized spacial score (nSPS) is 21.6. The van der Waals surface area contributed by atoms with Gasteiger partial charge in [-0.05, 0) is 33.3 Å². The molecule has 0 aliphatic carbocycles. The van der Waals surface area contributed by atoms with Gasteiger partial charge in [0.25, 0.3) is 0 Å². The third-order valence-corrected chi connectivity index (χ3v) is 2.86. The molecular weight excluding hydrogens is 214 g/mol. The molecule has 90 valence electrons. The number of hydrogen-bond acceptors (Lipinski definition) is 3. The van der Waals surface area contributed by atoms with Gasteiger partial charge < -0.3 is 4.74 Å². The summed E-state index contributed by atoms with van der Waals surface area (Å²) in [5, 5.41) is 0. The molecule has 0 radical (unpaired) electrons. The van der Waals surface area contributed by atoms with Crippen LogP contribution in [0, 0.1) is 0 Å². The van der Waals surface area contributed by atoms with Crippen LogP contribution in [0.2, 0.25) is 0 Å². The summed E-state index contributed by atoms with van der Waals surface area (Å²) in [5.41, 5.74) is 0.343. The van der Waals surface area contributed by atoms with Crippen molar-refractivity contribution < 1.29 is 9.53 Å². The quantitative estimate of drug-likeness (QED) is 0.697. The van der Waals surface area contributed by atoms with E-state index in [0.717, 1.165) is 11.3 Å². The molecule has 1 heterocycles. The second-order valence-corrected chi connectivity index (χ2v) is 5.29. The standard InChI is InChI=1S/C14H17NO2/c1-13(2)12(16)17-14(3,4)11(15-13)10-8-6-5-7-9-10/h5-9H,1-4H3. The predicted octanol–water partition coefficient (Wildman–Crippen LogP) is 2.59. The second-order valence-electron chi connectivity index (χ2n) is 5.29. The maximum Gasteiger partial charge on any atom is 0.334 e. The summed E-state index contributed by atoms with van der Waals surface area (Å²) in [6.45, 7) is 7.28. The van der Waals surface area contributed by atoms with Gasteiger partial charge in [0.15, 0.2) is 5.54 Å². The van der Waals surface area contributed by atoms with Crippen molar-refractivity contribution in [2.24, 2.45) is 4.99 Å². The number of rotatable bonds is 1. The molecule has 0 amide bonds. The molecule has 1 aromatic carbocycles. The smallest absolute Gasteiger partial charge is 0.334 e. The van der Waals surface area contributed by atoms with Crippen LogP contribution in [0.5, 0.6) is 0 Å². The van der Waals surface area contributed by atoms with Crippen LogP contribution in [0.25, 0.3) is 0 Å². The molecule has 3 heteroatoms. The van der Waals surface area contributed by atoms with E-state index in [1.165, 1.54) is 0 Å². The summed E-state index contributed by atoms with van der Waals surface area (Å²) < 4.78 is 5.49. The van der Waals surface area contributed by atoms with Gasteiger partial charge in [0, 0.05) is 0 Å². The van der Waals surface area contributed by atoms with Gasteiger partial charge in [-0.3, -0.25) is 4.99 Å². The molecule has 0 saturated carbocycles. The summed E-state index contributed by atoms with van der Waals surface area (Å²) in [4.78, 5) is 16.3. The van der Waals surface area contributed by atoms with Crippen LogP contribution in [0.15, 0.2) is 35.3 Å². The van der Waals surface area contributed by atoms with Crippen molar-refractivity contribution in [3.63, 3.8) is 0 Å². The van der Waals surface area contributed by atoms with Gasteiger partial charge in [-0.15, -0.1) is 0 Å². The van der Waals surface area contributed by atoms with Crippen molar-refractivity contribution in [3.05, 3.63) is 35.9 Å². The number of carbonyl (C=O) groups is 1. The average Bonchev–Trinajstić information content (AvgIpc) is 2.25. The first kappa shape index (κ1) is 11.8. The first-order valence-corrected chi connectivity index (χ1v) is 5.72. The highest BCUT2D eigenvalue weighted by atomic mass is 16.6. The van der Waals surface area contributed by atoms with Crippen molar-refractivity contribution >= 4 is 11.7 Å². The molecule has 17 heavy (non-hydrogen) atoms. The van der Waals surface area contributed by atoms with Crippen LogP contribution in [0.4, 0.5) is 0 Å². The highest BCUT2D eigenvalue weighted by Gasteiger charge is 2.43. The maximum atomic E-state index is 11.8. The van der Waals surface area contributed by atoms with Crippen LogP contribution in [-0.2, 0) is 9.53 Å². The fraction of sp³-hybridized carbons (Fsp3) is 0.429. The molecular formula is C14H17NO2. The molecule has 0 saturated heterocycles. The second kappa shape index (κ2) is 3.69. The van der Waals surface area contributed by atoms with Crippen molar-refractivity contribution in [2.75, 3.05) is 0 Å². The summed E-state index contributed by atoms with van der Waals surface area (Å²) in [6, 6.07) is 9.83. The first-order valence-electron chi connectivity index (χ1n) is 5.72. The molecule has 2 rings (SSSR count). The molecule has 1 aliphatic rings. The van der Waals surface area contributed by atoms with Gasteiger partial charge in [0.1, 0.15) is 5.60 Å². The lowest BCUT2D eigenvalue weighted by Crippen LogP contribution is -2.50. The van der Waals surface area contributed by atoms with Gasteiger partial charge in [0.05, 0.1) is 5.71 Å². The van der Waals surface area contributed by atoms with Crippen LogP contribution in [-0.4, -0.2) is 22.8 Å². The maximum absolute atomic E-state index is 11.8. The molecule has 0 aromatic heterocycles. The van der Waals surface area contributed by atoms with Gasteiger partial charge in [0.2, 0.25) is 0 Å². The lowest BCUT2D eigenvalue weighted by atomic mass is 9.91. The SMILES string of the molecule is CC1(C)N=C(c2ccccc2)C(C)(C)OC1=O. The molecule has 3 nitrogen and oxygen atoms in total. The zero-order chi connectivity index (χ0) is 12.7. The summed E-state index contributed by atoms with van der Waals surface area (Å²) >= 11 is 0. The Bertz CT molecular complexity index is 472. The molecule has 1 aromatic rings. The summed E-state index contributed by atoms with van der Waals surface area (Å²) in [5.74, 6) is -0.276. The zero-order valence-corrected chi connectivity index (χ0v) is 10.7. The third-order valence-electron chi connectivity index (χ3n) is 2.86. The van der Waals surface area contributed by atoms with Crippen molar-refractivity contribution in [1.29, 1.82) is 0 Å². The Labute approximate surface area is 102 Å². The number of carbonyl (C=O) groups excluding carboxylic acids is 1. The van der Waals surface area contributed by atoms with Crippen molar-refractivity contribution in [3.8, 4) is 0 Å². The predicted molar refractivity (Wildman–Crippen MR) is 67.2 cm³/mol. The highest BCUT2D eigenvalue weighted by Crippen LogP contribution is 2.29. The molecule has 0 fully saturated rings. The lowest BCUT2D eigenvalue weighted by molar-refractivity contribution is -0.158. The third kappa shape index (κ3) is 2.09. The summed E-state index contributed by atoms with van der Waals surface area (Å²) in [6.07, 6.45) is 0. The van der Waals surface area contributed by atoms with Gasteiger partial charge >= 0.3 is 5.97 Å². The molecule has 0 N–H and O–H groups in total. The Balaban J connectivity index is 2.54. The van der Waals surface area contributed by atoms with E-state index in [1.807, 2.05) is 44.2 Å². The topological polar surface area (TPSA) is 38.7 Å². The number of esters is 1. The van der Waals surface area contributed by atoms with E-state index in [1.54, 1.807) is 13.8 Å². The summed E-state index contributed by atoms with van der Waals surface area (Å²) in [7, 11) is 0. The van der Waals surface area contributed by atoms with Crippen LogP contribution < -0.4 is 0 Å². The first-order chi connectivity index (χ1) is 7.83. The Kier molecular flexibility index (Phi) is 2.57. The Morgan fingerprint density at radius 1 is 1.06 bits per heavy atom. The highest BCUT2D eigenvalue weighted by molar-refractivity contribution is 6.10. The Hall–Kier alpha value is -1.64. The van der Waals surface area contributed by atoms with Crippen LogP contribution >= 0.6 is 0 Å². The molecule has 0 bridgehead atoms. The number of nitrogens with zero attached hydrogens (tertiary/aromatic N) is 1. The molecule has 0 atom stereocenters. The zero-order valence-electron chi connectivity index (χ0n) is 10.7. The van der Waals surface area contributed by atoms with Crippen molar-refractivity contribution in [2.45, 2.75) is 38.8 Å². The van der Waals surface area contributed by atoms with E-state index < -0.39 is 11.1 Å². The molecule has 0 unspecified atom stereocenters. The number of ether oxygens (including phenoxy) is 1. The fourth-order valence-corrected chi connectivity index (χ4v) is 1.87. The van der Waals surface area contributed by atoms with Crippen molar-refractivity contribution in [1.82, 2.24) is 0 Å². The minimum atomic E-state index is -0.805. The van der Waals surface area contributed by atoms with Crippen LogP contribution in [0.3, 0.4) is 0 Å². The number of cyclic esters (lactones) is 1. The van der Waals surface area contributed by atoms with E-state index in [2.05, 4.69) is 4.99 Å². The number of benzene rings is 1. The van der Waals surface area contributed by atoms with E-state index >= 15 is 0 Å². The molecule has 0 spiro atoms. The average molecular weight is 231 g/mol. The van der Waals surface area contributed by atoms with Crippen LogP contribution in [0.1, 0.15) is 33.3 Å². The molecule has 1 aliphatic heterocycles. The van der Waals surface area contributed by atoms with Gasteiger partial charge in [-0.2, -0.15) is 0 Å². The monoisotopic (exact) mass is 231 g/mol. The minimum absolute atomic E-state index is 0.276. The Morgan fingerprint density at radius 2 is 1.65 bits per heavy atom. The fourth-order valence-electron chi connectivity index (χ4n) is 1.87. The number of aliphatic imine (C=N–C) groups is 1.